The van der Waals surface area contributed by atoms with Gasteiger partial charge in [0.05, 0.1) is 22.7 Å². The zero-order valence-electron chi connectivity index (χ0n) is 19.4. The molecule has 1 saturated carbocycles. The highest BCUT2D eigenvalue weighted by atomic mass is 19.3. The Kier molecular flexibility index (Phi) is 6.77. The third-order valence-electron chi connectivity index (χ3n) is 6.05. The quantitative estimate of drug-likeness (QED) is 0.261. The molecule has 0 radical (unpaired) electrons. The monoisotopic (exact) mass is 508 g/mol. The van der Waals surface area contributed by atoms with Gasteiger partial charge in [0, 0.05) is 23.9 Å². The number of aromatic nitrogens is 3. The van der Waals surface area contributed by atoms with E-state index in [1.807, 2.05) is 6.07 Å². The Hall–Kier alpha value is -4.39. The number of ether oxygens (including phenoxy) is 2. The SMILES string of the molecule is N#Cc1ccc(-n2c(/C=C/c3cccc(OC(F)F)c3OC3CCCC3)nc3cc(F)c(F)cc32)nc1. The molecule has 1 aliphatic rings. The predicted octanol–water partition coefficient (Wildman–Crippen LogP) is 6.66. The number of nitriles is 1. The van der Waals surface area contributed by atoms with Gasteiger partial charge in [0.15, 0.2) is 23.1 Å². The van der Waals surface area contributed by atoms with E-state index in [9.17, 15) is 17.6 Å². The van der Waals surface area contributed by atoms with E-state index in [1.54, 1.807) is 36.4 Å². The van der Waals surface area contributed by atoms with Crippen molar-refractivity contribution in [2.24, 2.45) is 0 Å². The fraction of sp³-hybridized carbons (Fsp3) is 0.222. The molecule has 37 heavy (non-hydrogen) atoms. The molecule has 0 unspecified atom stereocenters. The van der Waals surface area contributed by atoms with E-state index in [-0.39, 0.29) is 34.5 Å². The Bertz CT molecular complexity index is 1500. The number of hydrogen-bond acceptors (Lipinski definition) is 5. The van der Waals surface area contributed by atoms with Gasteiger partial charge < -0.3 is 9.47 Å². The fourth-order valence-corrected chi connectivity index (χ4v) is 4.34. The Morgan fingerprint density at radius 2 is 1.84 bits per heavy atom. The lowest BCUT2D eigenvalue weighted by Gasteiger charge is -2.18. The van der Waals surface area contributed by atoms with Gasteiger partial charge in [-0.2, -0.15) is 14.0 Å². The van der Waals surface area contributed by atoms with Gasteiger partial charge in [-0.3, -0.25) is 4.57 Å². The second-order valence-corrected chi connectivity index (χ2v) is 8.49. The highest BCUT2D eigenvalue weighted by Crippen LogP contribution is 2.37. The first-order valence-electron chi connectivity index (χ1n) is 11.6. The van der Waals surface area contributed by atoms with Crippen molar-refractivity contribution in [2.45, 2.75) is 38.4 Å². The first-order valence-corrected chi connectivity index (χ1v) is 11.6. The number of fused-ring (bicyclic) bond motifs is 1. The molecule has 5 rings (SSSR count). The first-order chi connectivity index (χ1) is 17.9. The molecule has 0 amide bonds. The summed E-state index contributed by atoms with van der Waals surface area (Å²) in [5, 5.41) is 9.09. The van der Waals surface area contributed by atoms with Crippen LogP contribution in [-0.2, 0) is 0 Å². The van der Waals surface area contributed by atoms with Crippen LogP contribution in [0.3, 0.4) is 0 Å². The Morgan fingerprint density at radius 3 is 2.54 bits per heavy atom. The van der Waals surface area contributed by atoms with Crippen molar-refractivity contribution in [3.05, 3.63) is 77.2 Å². The molecule has 2 heterocycles. The van der Waals surface area contributed by atoms with Crippen molar-refractivity contribution in [2.75, 3.05) is 0 Å². The van der Waals surface area contributed by atoms with Crippen molar-refractivity contribution in [1.29, 1.82) is 5.26 Å². The van der Waals surface area contributed by atoms with Crippen molar-refractivity contribution in [3.8, 4) is 23.4 Å². The van der Waals surface area contributed by atoms with Gasteiger partial charge in [0.25, 0.3) is 0 Å². The molecule has 1 fully saturated rings. The lowest BCUT2D eigenvalue weighted by atomic mass is 10.1. The Balaban J connectivity index is 1.61. The lowest BCUT2D eigenvalue weighted by molar-refractivity contribution is -0.0520. The average Bonchev–Trinajstić information content (AvgIpc) is 3.52. The molecule has 2 aromatic heterocycles. The summed E-state index contributed by atoms with van der Waals surface area (Å²) in [4.78, 5) is 8.69. The minimum absolute atomic E-state index is 0.0875. The van der Waals surface area contributed by atoms with E-state index in [0.717, 1.165) is 37.8 Å². The number of pyridine rings is 1. The van der Waals surface area contributed by atoms with Gasteiger partial charge in [0.1, 0.15) is 17.7 Å². The van der Waals surface area contributed by atoms with Crippen molar-refractivity contribution >= 4 is 23.2 Å². The maximum atomic E-state index is 14.1. The Morgan fingerprint density at radius 1 is 1.05 bits per heavy atom. The molecule has 4 aromatic rings. The topological polar surface area (TPSA) is 73.0 Å². The number of halogens is 4. The Labute approximate surface area is 209 Å². The maximum absolute atomic E-state index is 14.1. The minimum Gasteiger partial charge on any atom is -0.486 e. The molecule has 6 nitrogen and oxygen atoms in total. The van der Waals surface area contributed by atoms with Gasteiger partial charge in [-0.25, -0.2) is 18.7 Å². The van der Waals surface area contributed by atoms with Crippen LogP contribution in [0.15, 0.2) is 48.7 Å². The maximum Gasteiger partial charge on any atom is 0.387 e. The summed E-state index contributed by atoms with van der Waals surface area (Å²) in [5.74, 6) is -1.42. The van der Waals surface area contributed by atoms with E-state index in [1.165, 1.54) is 16.8 Å². The number of para-hydroxylation sites is 1. The van der Waals surface area contributed by atoms with Crippen LogP contribution in [0, 0.1) is 23.0 Å². The van der Waals surface area contributed by atoms with E-state index in [0.29, 0.717) is 16.9 Å². The molecule has 0 atom stereocenters. The number of alkyl halides is 2. The molecule has 0 spiro atoms. The highest BCUT2D eigenvalue weighted by Gasteiger charge is 2.22. The summed E-state index contributed by atoms with van der Waals surface area (Å²) >= 11 is 0. The molecule has 0 N–H and O–H groups in total. The third kappa shape index (κ3) is 5.11. The van der Waals surface area contributed by atoms with E-state index in [4.69, 9.17) is 14.7 Å². The smallest absolute Gasteiger partial charge is 0.387 e. The average molecular weight is 508 g/mol. The second kappa shape index (κ2) is 10.3. The molecule has 10 heteroatoms. The molecular weight excluding hydrogens is 488 g/mol. The summed E-state index contributed by atoms with van der Waals surface area (Å²) < 4.78 is 66.5. The molecule has 0 saturated heterocycles. The normalized spacial score (nSPS) is 14.1. The fourth-order valence-electron chi connectivity index (χ4n) is 4.34. The zero-order chi connectivity index (χ0) is 25.9. The molecule has 1 aliphatic carbocycles. The molecular formula is C27H20F4N4O2. The molecule has 188 valence electrons. The van der Waals surface area contributed by atoms with Crippen LogP contribution in [0.4, 0.5) is 17.6 Å². The summed E-state index contributed by atoms with van der Waals surface area (Å²) in [7, 11) is 0. The van der Waals surface area contributed by atoms with Gasteiger partial charge in [-0.15, -0.1) is 0 Å². The number of imidazole rings is 1. The minimum atomic E-state index is -3.03. The van der Waals surface area contributed by atoms with E-state index >= 15 is 0 Å². The van der Waals surface area contributed by atoms with Crippen molar-refractivity contribution in [1.82, 2.24) is 14.5 Å². The summed E-state index contributed by atoms with van der Waals surface area (Å²) in [6.45, 7) is -3.03. The third-order valence-corrected chi connectivity index (χ3v) is 6.05. The number of nitrogens with zero attached hydrogens (tertiary/aromatic N) is 4. The van der Waals surface area contributed by atoms with E-state index < -0.39 is 18.2 Å². The number of benzene rings is 2. The van der Waals surface area contributed by atoms with Crippen LogP contribution in [0.25, 0.3) is 29.0 Å². The number of hydrogen-bond donors (Lipinski definition) is 0. The van der Waals surface area contributed by atoms with Gasteiger partial charge in [-0.1, -0.05) is 12.1 Å². The first kappa shape index (κ1) is 24.3. The summed E-state index contributed by atoms with van der Waals surface area (Å²) in [6.07, 6.45) is 8.01. The lowest BCUT2D eigenvalue weighted by Crippen LogP contribution is -2.13. The summed E-state index contributed by atoms with van der Waals surface area (Å²) in [6, 6.07) is 11.7. The zero-order valence-corrected chi connectivity index (χ0v) is 19.4. The second-order valence-electron chi connectivity index (χ2n) is 8.49. The van der Waals surface area contributed by atoms with Crippen LogP contribution in [0.5, 0.6) is 11.5 Å². The number of rotatable bonds is 7. The standard InChI is InChI=1S/C27H20F4N4O2/c28-19-12-21-22(13-20(19)29)35(24-10-8-16(14-32)15-33-24)25(34-21)11-9-17-4-3-7-23(37-27(30)31)26(17)36-18-5-1-2-6-18/h3-4,7-13,15,18,27H,1-2,5-6H2/b11-9+. The largest absolute Gasteiger partial charge is 0.486 e. The van der Waals surface area contributed by atoms with Crippen LogP contribution in [-0.4, -0.2) is 27.3 Å². The predicted molar refractivity (Wildman–Crippen MR) is 128 cm³/mol. The van der Waals surface area contributed by atoms with Gasteiger partial charge >= 0.3 is 6.61 Å². The van der Waals surface area contributed by atoms with E-state index in [2.05, 4.69) is 9.97 Å². The van der Waals surface area contributed by atoms with Crippen LogP contribution in [0.2, 0.25) is 0 Å². The van der Waals surface area contributed by atoms with Crippen LogP contribution < -0.4 is 9.47 Å². The van der Waals surface area contributed by atoms with Crippen LogP contribution in [0.1, 0.15) is 42.6 Å². The van der Waals surface area contributed by atoms with Crippen molar-refractivity contribution < 1.29 is 27.0 Å². The highest BCUT2D eigenvalue weighted by molar-refractivity contribution is 5.82. The van der Waals surface area contributed by atoms with Gasteiger partial charge in [-0.05, 0) is 56.0 Å². The van der Waals surface area contributed by atoms with Crippen molar-refractivity contribution in [3.63, 3.8) is 0 Å². The van der Waals surface area contributed by atoms with Crippen LogP contribution >= 0.6 is 0 Å². The summed E-state index contributed by atoms with van der Waals surface area (Å²) in [5.41, 5.74) is 1.23. The molecule has 0 aliphatic heterocycles. The molecule has 0 bridgehead atoms. The molecule has 2 aromatic carbocycles. The van der Waals surface area contributed by atoms with Gasteiger partial charge in [0.2, 0.25) is 0 Å².